The van der Waals surface area contributed by atoms with Crippen molar-refractivity contribution in [3.05, 3.63) is 40.8 Å². The van der Waals surface area contributed by atoms with Crippen molar-refractivity contribution in [2.24, 2.45) is 0 Å². The maximum absolute atomic E-state index is 13.2. The topological polar surface area (TPSA) is 178 Å². The van der Waals surface area contributed by atoms with Gasteiger partial charge in [0.15, 0.2) is 23.0 Å². The Kier molecular flexibility index (Phi) is 5.91. The standard InChI is InChI=1S/C23H22O12/c1-30-12-4-9(2-3-11(12)34-23-21(29)20(28)18(26)15(6-24)35-23)10-7-31-13-5-14-22(33-8-32-14)19(27)16(13)17(10)25/h2-5,7,15,18,20-21,23-24,26-29H,6,8H2,1H3/t15-,18-,20+,21-,23-/m0/s1. The number of aliphatic hydroxyl groups is 4. The van der Waals surface area contributed by atoms with Gasteiger partial charge in [0.2, 0.25) is 24.3 Å². The number of fused-ring (bicyclic) bond motifs is 2. The Morgan fingerprint density at radius 3 is 2.60 bits per heavy atom. The number of aromatic hydroxyl groups is 1. The summed E-state index contributed by atoms with van der Waals surface area (Å²) in [4.78, 5) is 13.2. The van der Waals surface area contributed by atoms with E-state index in [1.807, 2.05) is 0 Å². The number of aliphatic hydroxyl groups excluding tert-OH is 4. The normalized spacial score (nSPS) is 25.6. The third kappa shape index (κ3) is 3.81. The quantitative estimate of drug-likeness (QED) is 0.326. The second-order valence-corrected chi connectivity index (χ2v) is 7.99. The van der Waals surface area contributed by atoms with E-state index < -0.39 is 42.7 Å². The molecule has 0 amide bonds. The molecule has 12 heteroatoms. The Morgan fingerprint density at radius 2 is 1.86 bits per heavy atom. The molecule has 1 fully saturated rings. The van der Waals surface area contributed by atoms with Crippen molar-refractivity contribution >= 4 is 11.0 Å². The summed E-state index contributed by atoms with van der Waals surface area (Å²) in [6, 6.07) is 5.89. The summed E-state index contributed by atoms with van der Waals surface area (Å²) < 4.78 is 32.4. The lowest BCUT2D eigenvalue weighted by Crippen LogP contribution is -2.60. The fourth-order valence-electron chi connectivity index (χ4n) is 4.05. The molecule has 2 aromatic carbocycles. The monoisotopic (exact) mass is 490 g/mol. The predicted molar refractivity (Wildman–Crippen MR) is 117 cm³/mol. The molecule has 0 aliphatic carbocycles. The highest BCUT2D eigenvalue weighted by Gasteiger charge is 2.45. The largest absolute Gasteiger partial charge is 0.504 e. The smallest absolute Gasteiger partial charge is 0.231 e. The van der Waals surface area contributed by atoms with E-state index >= 15 is 0 Å². The van der Waals surface area contributed by atoms with E-state index in [-0.39, 0.29) is 52.1 Å². The molecule has 0 unspecified atom stereocenters. The molecule has 12 nitrogen and oxygen atoms in total. The Hall–Kier alpha value is -3.55. The van der Waals surface area contributed by atoms with Crippen molar-refractivity contribution < 1.29 is 53.6 Å². The molecule has 3 heterocycles. The first-order valence-electron chi connectivity index (χ1n) is 10.6. The van der Waals surface area contributed by atoms with Crippen molar-refractivity contribution in [2.75, 3.05) is 20.5 Å². The van der Waals surface area contributed by atoms with Gasteiger partial charge in [0.1, 0.15) is 41.6 Å². The minimum atomic E-state index is -1.61. The molecule has 0 bridgehead atoms. The van der Waals surface area contributed by atoms with Crippen LogP contribution >= 0.6 is 0 Å². The Bertz CT molecular complexity index is 1320. The third-order valence-electron chi connectivity index (χ3n) is 5.94. The zero-order chi connectivity index (χ0) is 24.9. The fraction of sp³-hybridized carbons (Fsp3) is 0.348. The zero-order valence-electron chi connectivity index (χ0n) is 18.3. The summed E-state index contributed by atoms with van der Waals surface area (Å²) in [5, 5.41) is 50.0. The van der Waals surface area contributed by atoms with E-state index in [0.717, 1.165) is 0 Å². The number of benzene rings is 2. The third-order valence-corrected chi connectivity index (χ3v) is 5.94. The van der Waals surface area contributed by atoms with E-state index in [9.17, 15) is 30.3 Å². The molecule has 5 atom stereocenters. The molecular formula is C23H22O12. The predicted octanol–water partition coefficient (Wildman–Crippen LogP) is 0.0816. The fourth-order valence-corrected chi connectivity index (χ4v) is 4.05. The summed E-state index contributed by atoms with van der Waals surface area (Å²) >= 11 is 0. The number of ether oxygens (including phenoxy) is 5. The summed E-state index contributed by atoms with van der Waals surface area (Å²) in [7, 11) is 1.36. The minimum Gasteiger partial charge on any atom is -0.504 e. The molecule has 3 aromatic rings. The van der Waals surface area contributed by atoms with Gasteiger partial charge in [-0.15, -0.1) is 0 Å². The van der Waals surface area contributed by atoms with Crippen LogP contribution in [-0.4, -0.2) is 76.7 Å². The molecule has 0 spiro atoms. The number of phenolic OH excluding ortho intramolecular Hbond substituents is 1. The van der Waals surface area contributed by atoms with Crippen LogP contribution in [0.1, 0.15) is 0 Å². The summed E-state index contributed by atoms with van der Waals surface area (Å²) in [6.07, 6.45) is -6.07. The Morgan fingerprint density at radius 1 is 1.06 bits per heavy atom. The maximum atomic E-state index is 13.2. The van der Waals surface area contributed by atoms with Crippen LogP contribution in [0.25, 0.3) is 22.1 Å². The second kappa shape index (κ2) is 8.91. The first kappa shape index (κ1) is 23.2. The lowest BCUT2D eigenvalue weighted by Gasteiger charge is -2.39. The van der Waals surface area contributed by atoms with Gasteiger partial charge in [-0.2, -0.15) is 0 Å². The van der Waals surface area contributed by atoms with Crippen LogP contribution in [0.5, 0.6) is 28.7 Å². The molecule has 1 aromatic heterocycles. The lowest BCUT2D eigenvalue weighted by atomic mass is 9.99. The van der Waals surface area contributed by atoms with Crippen LogP contribution in [0.2, 0.25) is 0 Å². The minimum absolute atomic E-state index is 0.0582. The van der Waals surface area contributed by atoms with Crippen LogP contribution in [-0.2, 0) is 4.74 Å². The van der Waals surface area contributed by atoms with E-state index in [2.05, 4.69) is 0 Å². The molecular weight excluding hydrogens is 468 g/mol. The number of hydrogen-bond donors (Lipinski definition) is 5. The van der Waals surface area contributed by atoms with Crippen molar-refractivity contribution in [1.29, 1.82) is 0 Å². The summed E-state index contributed by atoms with van der Waals surface area (Å²) in [6.45, 7) is -0.695. The molecule has 186 valence electrons. The number of hydrogen-bond acceptors (Lipinski definition) is 12. The molecule has 1 saturated heterocycles. The average Bonchev–Trinajstić information content (AvgIpc) is 3.34. The molecule has 2 aliphatic rings. The molecule has 0 radical (unpaired) electrons. The molecule has 5 N–H and O–H groups in total. The van der Waals surface area contributed by atoms with Gasteiger partial charge < -0.3 is 53.6 Å². The summed E-state index contributed by atoms with van der Waals surface area (Å²) in [5.74, 6) is 0.177. The van der Waals surface area contributed by atoms with Crippen molar-refractivity contribution in [2.45, 2.75) is 30.7 Å². The van der Waals surface area contributed by atoms with E-state index in [0.29, 0.717) is 5.56 Å². The Labute approximate surface area is 197 Å². The maximum Gasteiger partial charge on any atom is 0.231 e. The highest BCUT2D eigenvalue weighted by atomic mass is 16.7. The van der Waals surface area contributed by atoms with Gasteiger partial charge in [-0.05, 0) is 17.7 Å². The van der Waals surface area contributed by atoms with Gasteiger partial charge in [-0.3, -0.25) is 4.79 Å². The van der Waals surface area contributed by atoms with Crippen LogP contribution in [0, 0.1) is 0 Å². The van der Waals surface area contributed by atoms with Gasteiger partial charge >= 0.3 is 0 Å². The second-order valence-electron chi connectivity index (χ2n) is 7.99. The van der Waals surface area contributed by atoms with E-state index in [4.69, 9.17) is 28.1 Å². The molecule has 0 saturated carbocycles. The van der Waals surface area contributed by atoms with Crippen molar-refractivity contribution in [3.8, 4) is 39.9 Å². The number of phenols is 1. The highest BCUT2D eigenvalue weighted by molar-refractivity contribution is 5.91. The van der Waals surface area contributed by atoms with Crippen LogP contribution in [0.4, 0.5) is 0 Å². The molecule has 35 heavy (non-hydrogen) atoms. The zero-order valence-corrected chi connectivity index (χ0v) is 18.3. The van der Waals surface area contributed by atoms with Crippen LogP contribution < -0.4 is 24.4 Å². The number of methoxy groups -OCH3 is 1. The van der Waals surface area contributed by atoms with Crippen LogP contribution in [0.3, 0.4) is 0 Å². The summed E-state index contributed by atoms with van der Waals surface area (Å²) in [5.41, 5.74) is 0.0850. The van der Waals surface area contributed by atoms with E-state index in [1.165, 1.54) is 37.6 Å². The van der Waals surface area contributed by atoms with Crippen LogP contribution in [0.15, 0.2) is 39.7 Å². The van der Waals surface area contributed by atoms with E-state index in [1.54, 1.807) is 0 Å². The van der Waals surface area contributed by atoms with Gasteiger partial charge in [0.05, 0.1) is 19.3 Å². The first-order valence-corrected chi connectivity index (χ1v) is 10.6. The van der Waals surface area contributed by atoms with Crippen molar-refractivity contribution in [3.63, 3.8) is 0 Å². The van der Waals surface area contributed by atoms with Crippen molar-refractivity contribution in [1.82, 2.24) is 0 Å². The highest BCUT2D eigenvalue weighted by Crippen LogP contribution is 2.45. The SMILES string of the molecule is COc1cc(-c2coc3cc4c(c(O)c3c2=O)OCO4)ccc1O[C@H]1O[C@@H](CO)[C@H](O)[C@@H](O)[C@@H]1O. The van der Waals surface area contributed by atoms with Gasteiger partial charge in [-0.25, -0.2) is 0 Å². The average molecular weight is 490 g/mol. The number of rotatable bonds is 5. The molecule has 5 rings (SSSR count). The lowest BCUT2D eigenvalue weighted by molar-refractivity contribution is -0.277. The van der Waals surface area contributed by atoms with Gasteiger partial charge in [0.25, 0.3) is 0 Å². The first-order chi connectivity index (χ1) is 16.8. The van der Waals surface area contributed by atoms with Gasteiger partial charge in [0, 0.05) is 6.07 Å². The van der Waals surface area contributed by atoms with Gasteiger partial charge in [-0.1, -0.05) is 6.07 Å². The molecule has 2 aliphatic heterocycles. The Balaban J connectivity index is 1.49.